The lowest BCUT2D eigenvalue weighted by Crippen LogP contribution is -2.29. The Labute approximate surface area is 129 Å². The van der Waals surface area contributed by atoms with Crippen molar-refractivity contribution in [2.75, 3.05) is 7.11 Å². The van der Waals surface area contributed by atoms with Crippen LogP contribution < -0.4 is 5.32 Å². The largest absolute Gasteiger partial charge is 0.468 e. The smallest absolute Gasteiger partial charge is 0.327 e. The van der Waals surface area contributed by atoms with Crippen molar-refractivity contribution in [3.05, 3.63) is 71.9 Å². The number of para-hydroxylation sites is 1. The predicted molar refractivity (Wildman–Crippen MR) is 86.3 cm³/mol. The number of hydrogen-bond donors (Lipinski definition) is 2. The molecule has 1 atom stereocenters. The topological polar surface area (TPSA) is 54.1 Å². The van der Waals surface area contributed by atoms with Crippen LogP contribution in [0.15, 0.2) is 60.8 Å². The first-order chi connectivity index (χ1) is 10.8. The zero-order chi connectivity index (χ0) is 15.4. The molecular formula is C18H18N2O2. The normalized spacial score (nSPS) is 12.2. The van der Waals surface area contributed by atoms with Crippen LogP contribution in [0.3, 0.4) is 0 Å². The van der Waals surface area contributed by atoms with Crippen LogP contribution >= 0.6 is 0 Å². The van der Waals surface area contributed by atoms with E-state index in [0.29, 0.717) is 6.54 Å². The number of esters is 1. The van der Waals surface area contributed by atoms with Crippen LogP contribution in [0, 0.1) is 0 Å². The third-order valence-electron chi connectivity index (χ3n) is 3.72. The van der Waals surface area contributed by atoms with Crippen molar-refractivity contribution in [3.8, 4) is 0 Å². The van der Waals surface area contributed by atoms with E-state index in [1.165, 1.54) is 7.11 Å². The minimum Gasteiger partial charge on any atom is -0.468 e. The van der Waals surface area contributed by atoms with E-state index < -0.39 is 6.04 Å². The third kappa shape index (κ3) is 2.87. The molecule has 112 valence electrons. The number of fused-ring (bicyclic) bond motifs is 1. The van der Waals surface area contributed by atoms with Crippen molar-refractivity contribution >= 4 is 16.9 Å². The van der Waals surface area contributed by atoms with Gasteiger partial charge in [0.05, 0.1) is 7.11 Å². The maximum atomic E-state index is 12.2. The van der Waals surface area contributed by atoms with Crippen molar-refractivity contribution in [3.63, 3.8) is 0 Å². The fraction of sp³-hybridized carbons (Fsp3) is 0.167. The number of ether oxygens (including phenoxy) is 1. The standard InChI is InChI=1S/C18H18N2O2/c1-22-18(21)17(20-11-13-7-3-2-4-8-13)15-12-19-16-10-6-5-9-14(15)16/h2-10,12,17,19-20H,11H2,1H3. The van der Waals surface area contributed by atoms with Crippen molar-refractivity contribution < 1.29 is 9.53 Å². The van der Waals surface area contributed by atoms with E-state index in [1.807, 2.05) is 60.8 Å². The Hall–Kier alpha value is -2.59. The molecule has 0 amide bonds. The molecule has 0 bridgehead atoms. The van der Waals surface area contributed by atoms with Gasteiger partial charge in [0, 0.05) is 29.2 Å². The predicted octanol–water partition coefficient (Wildman–Crippen LogP) is 3.17. The van der Waals surface area contributed by atoms with E-state index >= 15 is 0 Å². The van der Waals surface area contributed by atoms with Crippen molar-refractivity contribution in [2.45, 2.75) is 12.6 Å². The van der Waals surface area contributed by atoms with Crippen LogP contribution in [0.4, 0.5) is 0 Å². The van der Waals surface area contributed by atoms with Gasteiger partial charge in [-0.3, -0.25) is 5.32 Å². The van der Waals surface area contributed by atoms with E-state index in [2.05, 4.69) is 10.3 Å². The molecule has 1 unspecified atom stereocenters. The minimum absolute atomic E-state index is 0.291. The monoisotopic (exact) mass is 294 g/mol. The number of methoxy groups -OCH3 is 1. The Kier molecular flexibility index (Phi) is 4.21. The molecule has 2 N–H and O–H groups in total. The summed E-state index contributed by atoms with van der Waals surface area (Å²) in [6.45, 7) is 0.597. The average Bonchev–Trinajstić information content (AvgIpc) is 3.00. The average molecular weight is 294 g/mol. The molecule has 0 saturated carbocycles. The molecule has 3 aromatic rings. The van der Waals surface area contributed by atoms with Gasteiger partial charge in [0.25, 0.3) is 0 Å². The molecule has 22 heavy (non-hydrogen) atoms. The van der Waals surface area contributed by atoms with Crippen molar-refractivity contribution in [1.29, 1.82) is 0 Å². The molecule has 0 aliphatic rings. The lowest BCUT2D eigenvalue weighted by Gasteiger charge is -2.16. The summed E-state index contributed by atoms with van der Waals surface area (Å²) >= 11 is 0. The van der Waals surface area contributed by atoms with Crippen LogP contribution in [0.2, 0.25) is 0 Å². The SMILES string of the molecule is COC(=O)C(NCc1ccccc1)c1c[nH]c2ccccc12. The van der Waals surface area contributed by atoms with E-state index in [4.69, 9.17) is 4.74 Å². The summed E-state index contributed by atoms with van der Waals surface area (Å²) in [7, 11) is 1.41. The molecule has 0 aliphatic carbocycles. The lowest BCUT2D eigenvalue weighted by atomic mass is 10.1. The number of hydrogen-bond acceptors (Lipinski definition) is 3. The molecule has 3 rings (SSSR count). The van der Waals surface area contributed by atoms with Crippen LogP contribution in [0.5, 0.6) is 0 Å². The molecule has 1 aromatic heterocycles. The second-order valence-corrected chi connectivity index (χ2v) is 5.11. The number of H-pyrrole nitrogens is 1. The maximum absolute atomic E-state index is 12.2. The lowest BCUT2D eigenvalue weighted by molar-refractivity contribution is -0.143. The molecule has 0 fully saturated rings. The van der Waals surface area contributed by atoms with Crippen molar-refractivity contribution in [1.82, 2.24) is 10.3 Å². The van der Waals surface area contributed by atoms with Gasteiger partial charge in [-0.25, -0.2) is 4.79 Å². The number of aromatic amines is 1. The Morgan fingerprint density at radius 1 is 1.14 bits per heavy atom. The van der Waals surface area contributed by atoms with E-state index in [1.54, 1.807) is 0 Å². The minimum atomic E-state index is -0.499. The van der Waals surface area contributed by atoms with Crippen LogP contribution in [-0.4, -0.2) is 18.1 Å². The van der Waals surface area contributed by atoms with Gasteiger partial charge in [0.15, 0.2) is 0 Å². The first-order valence-corrected chi connectivity index (χ1v) is 7.21. The molecule has 1 heterocycles. The highest BCUT2D eigenvalue weighted by Crippen LogP contribution is 2.25. The van der Waals surface area contributed by atoms with E-state index in [-0.39, 0.29) is 5.97 Å². The summed E-state index contributed by atoms with van der Waals surface area (Å²) in [5.41, 5.74) is 3.03. The highest BCUT2D eigenvalue weighted by Gasteiger charge is 2.23. The van der Waals surface area contributed by atoms with Crippen LogP contribution in [0.1, 0.15) is 17.2 Å². The second kappa shape index (κ2) is 6.45. The quantitative estimate of drug-likeness (QED) is 0.711. The van der Waals surface area contributed by atoms with Gasteiger partial charge in [-0.15, -0.1) is 0 Å². The highest BCUT2D eigenvalue weighted by atomic mass is 16.5. The Morgan fingerprint density at radius 2 is 1.86 bits per heavy atom. The van der Waals surface area contributed by atoms with E-state index in [9.17, 15) is 4.79 Å². The van der Waals surface area contributed by atoms with Crippen LogP contribution in [0.25, 0.3) is 10.9 Å². The molecule has 0 saturated heterocycles. The van der Waals surface area contributed by atoms with E-state index in [0.717, 1.165) is 22.0 Å². The second-order valence-electron chi connectivity index (χ2n) is 5.11. The molecule has 4 nitrogen and oxygen atoms in total. The van der Waals surface area contributed by atoms with Gasteiger partial charge < -0.3 is 9.72 Å². The number of rotatable bonds is 5. The number of aromatic nitrogens is 1. The number of nitrogens with one attached hydrogen (secondary N) is 2. The first-order valence-electron chi connectivity index (χ1n) is 7.21. The summed E-state index contributed by atoms with van der Waals surface area (Å²) in [5.74, 6) is -0.291. The van der Waals surface area contributed by atoms with Gasteiger partial charge in [0.1, 0.15) is 6.04 Å². The molecule has 0 radical (unpaired) electrons. The third-order valence-corrected chi connectivity index (χ3v) is 3.72. The first kappa shape index (κ1) is 14.4. The molecule has 4 heteroatoms. The van der Waals surface area contributed by atoms with Gasteiger partial charge in [0.2, 0.25) is 0 Å². The Balaban J connectivity index is 1.88. The van der Waals surface area contributed by atoms with Crippen molar-refractivity contribution in [2.24, 2.45) is 0 Å². The molecule has 0 spiro atoms. The van der Waals surface area contributed by atoms with Crippen LogP contribution in [-0.2, 0) is 16.1 Å². The van der Waals surface area contributed by atoms with Gasteiger partial charge in [-0.1, -0.05) is 48.5 Å². The highest BCUT2D eigenvalue weighted by molar-refractivity contribution is 5.89. The zero-order valence-corrected chi connectivity index (χ0v) is 12.4. The summed E-state index contributed by atoms with van der Waals surface area (Å²) < 4.78 is 4.96. The summed E-state index contributed by atoms with van der Waals surface area (Å²) in [6, 6.07) is 17.4. The number of carbonyl (C=O) groups is 1. The molecule has 0 aliphatic heterocycles. The molecular weight excluding hydrogens is 276 g/mol. The summed E-state index contributed by atoms with van der Waals surface area (Å²) in [5, 5.41) is 4.31. The molecule has 2 aromatic carbocycles. The maximum Gasteiger partial charge on any atom is 0.327 e. The Bertz CT molecular complexity index is 765. The number of carbonyl (C=O) groups excluding carboxylic acids is 1. The van der Waals surface area contributed by atoms with Gasteiger partial charge >= 0.3 is 5.97 Å². The fourth-order valence-corrected chi connectivity index (χ4v) is 2.59. The van der Waals surface area contributed by atoms with Gasteiger partial charge in [-0.2, -0.15) is 0 Å². The van der Waals surface area contributed by atoms with Gasteiger partial charge in [-0.05, 0) is 11.6 Å². The Morgan fingerprint density at radius 3 is 2.64 bits per heavy atom. The summed E-state index contributed by atoms with van der Waals surface area (Å²) in [6.07, 6.45) is 1.87. The fourth-order valence-electron chi connectivity index (χ4n) is 2.59. The summed E-state index contributed by atoms with van der Waals surface area (Å²) in [4.78, 5) is 15.4. The number of benzene rings is 2. The zero-order valence-electron chi connectivity index (χ0n) is 12.4.